The Bertz CT molecular complexity index is 938. The summed E-state index contributed by atoms with van der Waals surface area (Å²) >= 11 is 0. The number of carbonyl (C=O) groups is 1. The molecule has 1 aromatic carbocycles. The number of carbonyl (C=O) groups excluding carboxylic acids is 1. The zero-order chi connectivity index (χ0) is 18.7. The molecule has 7 heteroatoms. The van der Waals surface area contributed by atoms with E-state index in [0.29, 0.717) is 5.69 Å². The number of amides is 1. The zero-order valence-corrected chi connectivity index (χ0v) is 14.3. The van der Waals surface area contributed by atoms with Crippen LogP contribution in [0, 0.1) is 18.6 Å². The van der Waals surface area contributed by atoms with Crippen LogP contribution in [0.3, 0.4) is 0 Å². The van der Waals surface area contributed by atoms with E-state index in [1.165, 1.54) is 12.4 Å². The summed E-state index contributed by atoms with van der Waals surface area (Å²) in [6, 6.07) is 6.09. The average Bonchev–Trinajstić information content (AvgIpc) is 2.62. The first kappa shape index (κ1) is 17.6. The van der Waals surface area contributed by atoms with Crippen LogP contribution in [0.1, 0.15) is 28.4 Å². The van der Waals surface area contributed by atoms with Crippen molar-refractivity contribution in [2.45, 2.75) is 20.3 Å². The maximum absolute atomic E-state index is 13.6. The lowest BCUT2D eigenvalue weighted by Crippen LogP contribution is -2.17. The molecule has 5 nitrogen and oxygen atoms in total. The SMILES string of the molecule is CCc1ccc(C)cc1-c1cnc(NC(=O)c2c(F)cncc2F)cn1. The fourth-order valence-electron chi connectivity index (χ4n) is 2.58. The van der Waals surface area contributed by atoms with Crippen molar-refractivity contribution in [3.63, 3.8) is 0 Å². The first-order valence-electron chi connectivity index (χ1n) is 8.02. The Kier molecular flexibility index (Phi) is 4.97. The highest BCUT2D eigenvalue weighted by Crippen LogP contribution is 2.24. The van der Waals surface area contributed by atoms with Gasteiger partial charge in [-0.25, -0.2) is 13.8 Å². The van der Waals surface area contributed by atoms with Gasteiger partial charge in [-0.05, 0) is 25.0 Å². The van der Waals surface area contributed by atoms with Crippen molar-refractivity contribution in [3.05, 3.63) is 71.3 Å². The quantitative estimate of drug-likeness (QED) is 0.771. The van der Waals surface area contributed by atoms with Gasteiger partial charge in [0, 0.05) is 5.56 Å². The number of benzene rings is 1. The van der Waals surface area contributed by atoms with E-state index < -0.39 is 23.1 Å². The molecule has 132 valence electrons. The minimum Gasteiger partial charge on any atom is -0.305 e. The van der Waals surface area contributed by atoms with Crippen LogP contribution in [0.25, 0.3) is 11.3 Å². The molecule has 0 radical (unpaired) electrons. The largest absolute Gasteiger partial charge is 0.305 e. The summed E-state index contributed by atoms with van der Waals surface area (Å²) in [6.45, 7) is 4.04. The van der Waals surface area contributed by atoms with Gasteiger partial charge in [0.1, 0.15) is 5.56 Å². The van der Waals surface area contributed by atoms with Crippen LogP contribution in [-0.4, -0.2) is 20.9 Å². The molecule has 3 aromatic rings. The van der Waals surface area contributed by atoms with E-state index in [4.69, 9.17) is 0 Å². The summed E-state index contributed by atoms with van der Waals surface area (Å²) in [4.78, 5) is 23.9. The Balaban J connectivity index is 1.85. The predicted octanol–water partition coefficient (Wildman–Crippen LogP) is 3.94. The number of aryl methyl sites for hydroxylation is 2. The van der Waals surface area contributed by atoms with E-state index in [9.17, 15) is 13.6 Å². The van der Waals surface area contributed by atoms with Crippen LogP contribution in [-0.2, 0) is 6.42 Å². The molecule has 0 aliphatic rings. The first-order valence-corrected chi connectivity index (χ1v) is 8.02. The van der Waals surface area contributed by atoms with Crippen molar-refractivity contribution < 1.29 is 13.6 Å². The second-order valence-corrected chi connectivity index (χ2v) is 5.73. The summed E-state index contributed by atoms with van der Waals surface area (Å²) in [5.41, 5.74) is 3.13. The lowest BCUT2D eigenvalue weighted by Gasteiger charge is -2.10. The Morgan fingerprint density at radius 3 is 2.42 bits per heavy atom. The Morgan fingerprint density at radius 2 is 1.81 bits per heavy atom. The van der Waals surface area contributed by atoms with E-state index in [1.807, 2.05) is 32.0 Å². The van der Waals surface area contributed by atoms with Crippen LogP contribution >= 0.6 is 0 Å². The van der Waals surface area contributed by atoms with Crippen LogP contribution in [0.15, 0.2) is 43.0 Å². The highest BCUT2D eigenvalue weighted by Gasteiger charge is 2.18. The maximum Gasteiger partial charge on any atom is 0.262 e. The maximum atomic E-state index is 13.6. The van der Waals surface area contributed by atoms with E-state index in [1.54, 1.807) is 0 Å². The molecular weight excluding hydrogens is 338 g/mol. The molecule has 0 bridgehead atoms. The van der Waals surface area contributed by atoms with E-state index in [0.717, 1.165) is 35.5 Å². The van der Waals surface area contributed by atoms with Gasteiger partial charge < -0.3 is 5.32 Å². The standard InChI is InChI=1S/C19H16F2N4O/c1-3-12-5-4-11(2)6-13(12)16-9-24-17(10-23-16)25-19(26)18-14(20)7-22-8-15(18)21/h4-10H,3H2,1-2H3,(H,24,25,26). The van der Waals surface area contributed by atoms with Crippen molar-refractivity contribution in [1.82, 2.24) is 15.0 Å². The Hall–Kier alpha value is -3.22. The van der Waals surface area contributed by atoms with Gasteiger partial charge in [0.25, 0.3) is 5.91 Å². The number of hydrogen-bond donors (Lipinski definition) is 1. The summed E-state index contributed by atoms with van der Waals surface area (Å²) in [7, 11) is 0. The molecule has 3 rings (SSSR count). The molecule has 1 N–H and O–H groups in total. The van der Waals surface area contributed by atoms with Gasteiger partial charge in [-0.3, -0.25) is 14.8 Å². The summed E-state index contributed by atoms with van der Waals surface area (Å²) < 4.78 is 27.2. The van der Waals surface area contributed by atoms with Crippen LogP contribution in [0.5, 0.6) is 0 Å². The fraction of sp³-hybridized carbons (Fsp3) is 0.158. The molecule has 26 heavy (non-hydrogen) atoms. The predicted molar refractivity (Wildman–Crippen MR) is 93.7 cm³/mol. The summed E-state index contributed by atoms with van der Waals surface area (Å²) in [6.07, 6.45) is 5.26. The monoisotopic (exact) mass is 354 g/mol. The number of aromatic nitrogens is 3. The van der Waals surface area contributed by atoms with E-state index in [-0.39, 0.29) is 5.82 Å². The second-order valence-electron chi connectivity index (χ2n) is 5.73. The molecule has 0 saturated heterocycles. The molecule has 0 fully saturated rings. The van der Waals surface area contributed by atoms with Crippen molar-refractivity contribution in [3.8, 4) is 11.3 Å². The van der Waals surface area contributed by atoms with Gasteiger partial charge >= 0.3 is 0 Å². The van der Waals surface area contributed by atoms with Gasteiger partial charge in [0.2, 0.25) is 0 Å². The van der Waals surface area contributed by atoms with Crippen molar-refractivity contribution >= 4 is 11.7 Å². The normalized spacial score (nSPS) is 10.6. The summed E-state index contributed by atoms with van der Waals surface area (Å²) in [5.74, 6) is -2.94. The van der Waals surface area contributed by atoms with Gasteiger partial charge in [0.15, 0.2) is 17.5 Å². The van der Waals surface area contributed by atoms with E-state index >= 15 is 0 Å². The third-order valence-electron chi connectivity index (χ3n) is 3.90. The van der Waals surface area contributed by atoms with Gasteiger partial charge in [-0.15, -0.1) is 0 Å². The lowest BCUT2D eigenvalue weighted by atomic mass is 10.0. The molecule has 0 spiro atoms. The fourth-order valence-corrected chi connectivity index (χ4v) is 2.58. The number of halogens is 2. The van der Waals surface area contributed by atoms with Gasteiger partial charge in [-0.2, -0.15) is 0 Å². The van der Waals surface area contributed by atoms with Gasteiger partial charge in [-0.1, -0.05) is 24.6 Å². The number of rotatable bonds is 4. The highest BCUT2D eigenvalue weighted by atomic mass is 19.1. The third kappa shape index (κ3) is 3.56. The number of nitrogens with zero attached hydrogens (tertiary/aromatic N) is 3. The molecular formula is C19H16F2N4O. The molecule has 0 saturated carbocycles. The molecule has 2 heterocycles. The topological polar surface area (TPSA) is 67.8 Å². The second kappa shape index (κ2) is 7.35. The first-order chi connectivity index (χ1) is 12.5. The number of anilines is 1. The number of nitrogens with one attached hydrogen (secondary N) is 1. The van der Waals surface area contributed by atoms with Crippen molar-refractivity contribution in [1.29, 1.82) is 0 Å². The molecule has 0 unspecified atom stereocenters. The summed E-state index contributed by atoms with van der Waals surface area (Å²) in [5, 5.41) is 2.34. The Labute approximate surface area is 149 Å². The Morgan fingerprint density at radius 1 is 1.08 bits per heavy atom. The smallest absolute Gasteiger partial charge is 0.262 e. The van der Waals surface area contributed by atoms with Crippen LogP contribution in [0.2, 0.25) is 0 Å². The minimum atomic E-state index is -1.04. The molecule has 0 aliphatic heterocycles. The average molecular weight is 354 g/mol. The minimum absolute atomic E-state index is 0.0973. The van der Waals surface area contributed by atoms with Crippen molar-refractivity contribution in [2.24, 2.45) is 0 Å². The van der Waals surface area contributed by atoms with Crippen LogP contribution in [0.4, 0.5) is 14.6 Å². The molecule has 2 aromatic heterocycles. The van der Waals surface area contributed by atoms with E-state index in [2.05, 4.69) is 20.3 Å². The highest BCUT2D eigenvalue weighted by molar-refractivity contribution is 6.04. The molecule has 0 aliphatic carbocycles. The lowest BCUT2D eigenvalue weighted by molar-refractivity contribution is 0.101. The zero-order valence-electron chi connectivity index (χ0n) is 14.3. The van der Waals surface area contributed by atoms with Crippen LogP contribution < -0.4 is 5.32 Å². The number of pyridine rings is 1. The molecule has 0 atom stereocenters. The van der Waals surface area contributed by atoms with Gasteiger partial charge in [0.05, 0.1) is 30.5 Å². The van der Waals surface area contributed by atoms with Crippen molar-refractivity contribution in [2.75, 3.05) is 5.32 Å². The third-order valence-corrected chi connectivity index (χ3v) is 3.90. The number of hydrogen-bond acceptors (Lipinski definition) is 4. The molecule has 1 amide bonds.